The summed E-state index contributed by atoms with van der Waals surface area (Å²) in [6, 6.07) is 15.9. The van der Waals surface area contributed by atoms with Gasteiger partial charge < -0.3 is 24.3 Å². The Bertz CT molecular complexity index is 1410. The van der Waals surface area contributed by atoms with Crippen LogP contribution in [-0.2, 0) is 11.3 Å². The van der Waals surface area contributed by atoms with E-state index in [1.807, 2.05) is 6.07 Å². The first-order chi connectivity index (χ1) is 16.5. The number of nitrogens with zero attached hydrogens (tertiary/aromatic N) is 2. The summed E-state index contributed by atoms with van der Waals surface area (Å²) >= 11 is 0. The van der Waals surface area contributed by atoms with E-state index in [4.69, 9.17) is 9.15 Å². The van der Waals surface area contributed by atoms with Gasteiger partial charge in [0.05, 0.1) is 18.7 Å². The van der Waals surface area contributed by atoms with Gasteiger partial charge in [0.25, 0.3) is 5.91 Å². The van der Waals surface area contributed by atoms with Crippen LogP contribution >= 0.6 is 0 Å². The van der Waals surface area contributed by atoms with Crippen molar-refractivity contribution in [2.24, 2.45) is 0 Å². The Morgan fingerprint density at radius 1 is 1.12 bits per heavy atom. The predicted molar refractivity (Wildman–Crippen MR) is 122 cm³/mol. The number of phenols is 1. The molecule has 2 aromatic carbocycles. The smallest absolute Gasteiger partial charge is 0.290 e. The Hall–Kier alpha value is -4.59. The van der Waals surface area contributed by atoms with E-state index >= 15 is 0 Å². The number of phenolic OH excluding ortho intramolecular Hbond substituents is 1. The molecule has 1 aliphatic heterocycles. The molecule has 170 valence electrons. The van der Waals surface area contributed by atoms with Crippen molar-refractivity contribution in [2.75, 3.05) is 7.11 Å². The van der Waals surface area contributed by atoms with Crippen molar-refractivity contribution in [3.05, 3.63) is 101 Å². The van der Waals surface area contributed by atoms with Gasteiger partial charge in [-0.1, -0.05) is 30.3 Å². The quantitative estimate of drug-likeness (QED) is 0.416. The molecule has 0 bridgehead atoms. The van der Waals surface area contributed by atoms with Crippen LogP contribution in [0.25, 0.3) is 11.0 Å². The van der Waals surface area contributed by atoms with Crippen molar-refractivity contribution in [3.63, 3.8) is 0 Å². The summed E-state index contributed by atoms with van der Waals surface area (Å²) in [5, 5.41) is 21.6. The number of ether oxygens (including phenoxy) is 1. The first kappa shape index (κ1) is 21.3. The first-order valence-corrected chi connectivity index (χ1v) is 10.5. The van der Waals surface area contributed by atoms with Crippen molar-refractivity contribution in [3.8, 4) is 11.5 Å². The second kappa shape index (κ2) is 8.40. The summed E-state index contributed by atoms with van der Waals surface area (Å²) < 4.78 is 11.0. The Morgan fingerprint density at radius 3 is 2.68 bits per heavy atom. The van der Waals surface area contributed by atoms with E-state index in [9.17, 15) is 19.8 Å². The van der Waals surface area contributed by atoms with Crippen LogP contribution in [0.15, 0.2) is 88.8 Å². The van der Waals surface area contributed by atoms with Gasteiger partial charge in [0, 0.05) is 24.3 Å². The van der Waals surface area contributed by atoms with E-state index in [1.54, 1.807) is 54.9 Å². The molecule has 3 heterocycles. The number of carbonyl (C=O) groups is 2. The zero-order valence-electron chi connectivity index (χ0n) is 18.1. The minimum absolute atomic E-state index is 0.00882. The van der Waals surface area contributed by atoms with Gasteiger partial charge in [0.15, 0.2) is 23.0 Å². The molecule has 1 atom stereocenters. The summed E-state index contributed by atoms with van der Waals surface area (Å²) in [5.41, 5.74) is 1.61. The summed E-state index contributed by atoms with van der Waals surface area (Å²) in [4.78, 5) is 32.2. The number of aliphatic hydroxyl groups is 1. The summed E-state index contributed by atoms with van der Waals surface area (Å²) in [6.45, 7) is 0.0987. The fraction of sp³-hybridized carbons (Fsp3) is 0.115. The molecule has 0 spiro atoms. The largest absolute Gasteiger partial charge is 0.504 e. The van der Waals surface area contributed by atoms with Gasteiger partial charge in [-0.25, -0.2) is 0 Å². The highest BCUT2D eigenvalue weighted by molar-refractivity contribution is 6.16. The third-order valence-corrected chi connectivity index (χ3v) is 5.79. The molecule has 4 aromatic rings. The van der Waals surface area contributed by atoms with Crippen LogP contribution in [0.3, 0.4) is 0 Å². The van der Waals surface area contributed by atoms with Gasteiger partial charge in [0.2, 0.25) is 5.78 Å². The normalized spacial score (nSPS) is 15.9. The standard InChI is InChI=1S/C26H20N2O6/c1-33-20-12-17(8-9-18(20)29)23-22(24(30)21-11-16-6-2-3-7-19(16)34-21)25(31)26(32)28(23)14-15-5-4-10-27-13-15/h2-13,23,29,31H,14H2,1H3. The van der Waals surface area contributed by atoms with Crippen LogP contribution in [0.2, 0.25) is 0 Å². The van der Waals surface area contributed by atoms with Gasteiger partial charge in [0.1, 0.15) is 5.58 Å². The number of Topliss-reactive ketones (excluding diaryl/α,β-unsaturated/α-hetero) is 1. The summed E-state index contributed by atoms with van der Waals surface area (Å²) in [6.07, 6.45) is 3.22. The molecular weight excluding hydrogens is 436 g/mol. The number of carbonyl (C=O) groups excluding carboxylic acids is 2. The average molecular weight is 456 g/mol. The van der Waals surface area contributed by atoms with E-state index in [0.717, 1.165) is 10.9 Å². The first-order valence-electron chi connectivity index (χ1n) is 10.5. The fourth-order valence-corrected chi connectivity index (χ4v) is 4.17. The Labute approximate surface area is 194 Å². The third-order valence-electron chi connectivity index (χ3n) is 5.79. The minimum atomic E-state index is -0.942. The minimum Gasteiger partial charge on any atom is -0.504 e. The van der Waals surface area contributed by atoms with Crippen molar-refractivity contribution >= 4 is 22.7 Å². The molecule has 1 amide bonds. The molecule has 1 aliphatic rings. The van der Waals surface area contributed by atoms with Crippen LogP contribution in [0.4, 0.5) is 0 Å². The van der Waals surface area contributed by atoms with Crippen LogP contribution in [-0.4, -0.2) is 38.9 Å². The number of hydrogen-bond acceptors (Lipinski definition) is 7. The topological polar surface area (TPSA) is 113 Å². The molecule has 0 saturated heterocycles. The van der Waals surface area contributed by atoms with Crippen LogP contribution in [0.5, 0.6) is 11.5 Å². The molecule has 0 saturated carbocycles. The lowest BCUT2D eigenvalue weighted by Gasteiger charge is -2.27. The van der Waals surface area contributed by atoms with Gasteiger partial charge in [-0.2, -0.15) is 0 Å². The predicted octanol–water partition coefficient (Wildman–Crippen LogP) is 4.32. The number of aliphatic hydroxyl groups excluding tert-OH is 1. The average Bonchev–Trinajstić information content (AvgIpc) is 3.40. The SMILES string of the molecule is COc1cc(C2C(C(=O)c3cc4ccccc4o3)=C(O)C(=O)N2Cc2cccnc2)ccc1O. The lowest BCUT2D eigenvalue weighted by molar-refractivity contribution is -0.130. The molecule has 8 nitrogen and oxygen atoms in total. The van der Waals surface area contributed by atoms with Gasteiger partial charge in [-0.05, 0) is 41.5 Å². The van der Waals surface area contributed by atoms with E-state index in [-0.39, 0.29) is 29.4 Å². The highest BCUT2D eigenvalue weighted by Crippen LogP contribution is 2.42. The number of benzene rings is 2. The zero-order valence-corrected chi connectivity index (χ0v) is 18.1. The van der Waals surface area contributed by atoms with Gasteiger partial charge in [-0.15, -0.1) is 0 Å². The van der Waals surface area contributed by atoms with E-state index < -0.39 is 23.5 Å². The number of ketones is 1. The maximum atomic E-state index is 13.6. The fourth-order valence-electron chi connectivity index (χ4n) is 4.17. The van der Waals surface area contributed by atoms with E-state index in [0.29, 0.717) is 11.1 Å². The van der Waals surface area contributed by atoms with Crippen molar-refractivity contribution in [1.29, 1.82) is 0 Å². The molecule has 2 N–H and O–H groups in total. The molecule has 1 unspecified atom stereocenters. The number of aromatic nitrogens is 1. The number of rotatable bonds is 6. The van der Waals surface area contributed by atoms with E-state index in [2.05, 4.69) is 4.98 Å². The molecular formula is C26H20N2O6. The zero-order chi connectivity index (χ0) is 23.8. The summed E-state index contributed by atoms with van der Waals surface area (Å²) in [7, 11) is 1.40. The lowest BCUT2D eigenvalue weighted by Crippen LogP contribution is -2.30. The van der Waals surface area contributed by atoms with Crippen molar-refractivity contribution in [1.82, 2.24) is 9.88 Å². The number of para-hydroxylation sites is 1. The number of hydrogen-bond donors (Lipinski definition) is 2. The molecule has 2 aromatic heterocycles. The molecule has 5 rings (SSSR count). The highest BCUT2D eigenvalue weighted by atomic mass is 16.5. The lowest BCUT2D eigenvalue weighted by atomic mass is 9.94. The van der Waals surface area contributed by atoms with Crippen molar-refractivity contribution in [2.45, 2.75) is 12.6 Å². The number of pyridine rings is 1. The van der Waals surface area contributed by atoms with Gasteiger partial charge >= 0.3 is 0 Å². The molecule has 34 heavy (non-hydrogen) atoms. The maximum Gasteiger partial charge on any atom is 0.290 e. The van der Waals surface area contributed by atoms with Gasteiger partial charge in [-0.3, -0.25) is 14.6 Å². The number of aromatic hydroxyl groups is 1. The number of amides is 1. The number of methoxy groups -OCH3 is 1. The second-order valence-corrected chi connectivity index (χ2v) is 7.87. The maximum absolute atomic E-state index is 13.6. The Morgan fingerprint density at radius 2 is 1.94 bits per heavy atom. The van der Waals surface area contributed by atoms with Crippen LogP contribution in [0.1, 0.15) is 27.7 Å². The third kappa shape index (κ3) is 3.55. The molecule has 0 fully saturated rings. The Kier molecular flexibility index (Phi) is 5.25. The Balaban J connectivity index is 1.63. The molecule has 0 aliphatic carbocycles. The van der Waals surface area contributed by atoms with Crippen molar-refractivity contribution < 1.29 is 29.0 Å². The van der Waals surface area contributed by atoms with E-state index in [1.165, 1.54) is 24.1 Å². The van der Waals surface area contributed by atoms with Crippen LogP contribution in [0, 0.1) is 0 Å². The monoisotopic (exact) mass is 456 g/mol. The molecule has 8 heteroatoms. The number of furan rings is 1. The second-order valence-electron chi connectivity index (χ2n) is 7.87. The molecule has 0 radical (unpaired) electrons. The highest BCUT2D eigenvalue weighted by Gasteiger charge is 2.44. The van der Waals surface area contributed by atoms with Crippen LogP contribution < -0.4 is 4.74 Å². The number of fused-ring (bicyclic) bond motifs is 1. The summed E-state index contributed by atoms with van der Waals surface area (Å²) in [5.74, 6) is -1.85.